The largest absolute Gasteiger partial charge is 0.339 e. The van der Waals surface area contributed by atoms with Gasteiger partial charge in [0, 0.05) is 36.3 Å². The van der Waals surface area contributed by atoms with Gasteiger partial charge in [-0.25, -0.2) is 4.98 Å². The molecule has 1 saturated carbocycles. The summed E-state index contributed by atoms with van der Waals surface area (Å²) < 4.78 is 0. The van der Waals surface area contributed by atoms with Gasteiger partial charge in [0.15, 0.2) is 0 Å². The highest BCUT2D eigenvalue weighted by Crippen LogP contribution is 2.56. The molecule has 4 rings (SSSR count). The summed E-state index contributed by atoms with van der Waals surface area (Å²) in [4.78, 5) is 21.5. The lowest BCUT2D eigenvalue weighted by Gasteiger charge is -2.34. The molecule has 2 heterocycles. The number of thiazole rings is 1. The molecule has 23 heavy (non-hydrogen) atoms. The molecule has 1 atom stereocenters. The molecule has 0 aromatic carbocycles. The van der Waals surface area contributed by atoms with Crippen molar-refractivity contribution in [1.82, 2.24) is 14.8 Å². The number of carbonyl (C=O) groups excluding carboxylic acids is 1. The Hall–Kier alpha value is -1.20. The normalized spacial score (nSPS) is 25.9. The van der Waals surface area contributed by atoms with Crippen LogP contribution in [0.1, 0.15) is 43.5 Å². The summed E-state index contributed by atoms with van der Waals surface area (Å²) in [6.45, 7) is 2.84. The minimum absolute atomic E-state index is 0.311. The van der Waals surface area contributed by atoms with Crippen LogP contribution in [0.2, 0.25) is 0 Å². The number of rotatable bonds is 4. The predicted molar refractivity (Wildman–Crippen MR) is 92.2 cm³/mol. The molecule has 1 unspecified atom stereocenters. The molecule has 1 spiro atoms. The van der Waals surface area contributed by atoms with E-state index in [-0.39, 0.29) is 0 Å². The Balaban J connectivity index is 1.31. The van der Waals surface area contributed by atoms with Gasteiger partial charge < -0.3 is 4.90 Å². The van der Waals surface area contributed by atoms with Crippen molar-refractivity contribution in [3.8, 4) is 0 Å². The van der Waals surface area contributed by atoms with Gasteiger partial charge in [0.25, 0.3) is 0 Å². The lowest BCUT2D eigenvalue weighted by atomic mass is 9.92. The third-order valence-corrected chi connectivity index (χ3v) is 6.67. The Bertz CT molecular complexity index is 602. The van der Waals surface area contributed by atoms with E-state index in [2.05, 4.69) is 27.9 Å². The van der Waals surface area contributed by atoms with Gasteiger partial charge in [-0.1, -0.05) is 6.08 Å². The number of nitrogens with zero attached hydrogens (tertiary/aromatic N) is 3. The topological polar surface area (TPSA) is 36.4 Å². The molecule has 5 heteroatoms. The summed E-state index contributed by atoms with van der Waals surface area (Å²) in [5, 5.41) is 3.25. The van der Waals surface area contributed by atoms with Crippen LogP contribution in [-0.4, -0.2) is 46.9 Å². The highest BCUT2D eigenvalue weighted by Gasteiger charge is 2.56. The average Bonchev–Trinajstić information content (AvgIpc) is 2.99. The Labute approximate surface area is 142 Å². The number of aromatic nitrogens is 1. The van der Waals surface area contributed by atoms with Crippen LogP contribution in [0.4, 0.5) is 0 Å². The molecule has 2 aliphatic carbocycles. The van der Waals surface area contributed by atoms with Crippen LogP contribution in [0.3, 0.4) is 0 Å². The summed E-state index contributed by atoms with van der Waals surface area (Å²) in [7, 11) is 2.22. The number of piperidine rings is 1. The van der Waals surface area contributed by atoms with E-state index in [0.717, 1.165) is 44.5 Å². The van der Waals surface area contributed by atoms with Crippen LogP contribution in [0.15, 0.2) is 23.2 Å². The second-order valence-corrected chi connectivity index (χ2v) is 8.32. The lowest BCUT2D eigenvalue weighted by molar-refractivity contribution is -0.128. The van der Waals surface area contributed by atoms with E-state index in [1.54, 1.807) is 11.3 Å². The van der Waals surface area contributed by atoms with Crippen molar-refractivity contribution in [1.29, 1.82) is 0 Å². The van der Waals surface area contributed by atoms with E-state index < -0.39 is 0 Å². The average molecular weight is 331 g/mol. The van der Waals surface area contributed by atoms with Gasteiger partial charge in [-0.05, 0) is 51.0 Å². The number of amides is 1. The van der Waals surface area contributed by atoms with E-state index in [0.29, 0.717) is 17.4 Å². The van der Waals surface area contributed by atoms with Gasteiger partial charge in [0.1, 0.15) is 5.01 Å². The summed E-state index contributed by atoms with van der Waals surface area (Å²) in [5.41, 5.74) is 1.53. The fraction of sp³-hybridized carbons (Fsp3) is 0.667. The first-order valence-electron chi connectivity index (χ1n) is 8.75. The van der Waals surface area contributed by atoms with Gasteiger partial charge in [0.2, 0.25) is 5.91 Å². The number of hydrogen-bond donors (Lipinski definition) is 0. The van der Waals surface area contributed by atoms with Crippen LogP contribution in [0.5, 0.6) is 0 Å². The Kier molecular flexibility index (Phi) is 4.01. The molecule has 2 fully saturated rings. The maximum Gasteiger partial charge on any atom is 0.249 e. The first-order valence-corrected chi connectivity index (χ1v) is 9.63. The lowest BCUT2D eigenvalue weighted by Crippen LogP contribution is -2.41. The quantitative estimate of drug-likeness (QED) is 0.851. The minimum Gasteiger partial charge on any atom is -0.339 e. The molecule has 1 amide bonds. The zero-order valence-electron chi connectivity index (χ0n) is 13.8. The second kappa shape index (κ2) is 6.02. The molecule has 0 N–H and O–H groups in total. The van der Waals surface area contributed by atoms with Crippen molar-refractivity contribution >= 4 is 17.2 Å². The van der Waals surface area contributed by atoms with Gasteiger partial charge >= 0.3 is 0 Å². The fourth-order valence-electron chi connectivity index (χ4n) is 4.36. The number of likely N-dealkylation sites (tertiary alicyclic amines) is 1. The predicted octanol–water partition coefficient (Wildman–Crippen LogP) is 3.07. The first-order chi connectivity index (χ1) is 11.2. The molecule has 1 aromatic rings. The summed E-state index contributed by atoms with van der Waals surface area (Å²) in [5.74, 6) is 0.311. The molecule has 1 aromatic heterocycles. The monoisotopic (exact) mass is 331 g/mol. The van der Waals surface area contributed by atoms with E-state index >= 15 is 0 Å². The summed E-state index contributed by atoms with van der Waals surface area (Å²) >= 11 is 1.74. The molecular formula is C18H25N3OS. The van der Waals surface area contributed by atoms with Crippen molar-refractivity contribution < 1.29 is 4.79 Å². The van der Waals surface area contributed by atoms with Crippen molar-refractivity contribution in [2.24, 2.45) is 5.41 Å². The number of carbonyl (C=O) groups is 1. The molecule has 1 aliphatic heterocycles. The molecule has 4 nitrogen and oxygen atoms in total. The summed E-state index contributed by atoms with van der Waals surface area (Å²) in [6, 6.07) is 0.675. The van der Waals surface area contributed by atoms with Crippen LogP contribution in [-0.2, 0) is 11.3 Å². The van der Waals surface area contributed by atoms with Crippen LogP contribution in [0.25, 0.3) is 0 Å². The highest BCUT2D eigenvalue weighted by molar-refractivity contribution is 7.09. The molecular weight excluding hydrogens is 306 g/mol. The van der Waals surface area contributed by atoms with E-state index in [1.807, 2.05) is 11.6 Å². The molecule has 0 radical (unpaired) electrons. The number of allylic oxidation sites excluding steroid dienone is 1. The minimum atomic E-state index is 0.311. The Morgan fingerprint density at radius 1 is 1.48 bits per heavy atom. The van der Waals surface area contributed by atoms with Gasteiger partial charge in [0.05, 0.1) is 6.54 Å². The van der Waals surface area contributed by atoms with Crippen LogP contribution < -0.4 is 0 Å². The maximum absolute atomic E-state index is 12.5. The SMILES string of the molecule is CN(Cc1nccs1)C1CC12CCN(C(=O)C1=CCCC1)CC2. The van der Waals surface area contributed by atoms with Gasteiger partial charge in [-0.2, -0.15) is 0 Å². The zero-order chi connectivity index (χ0) is 15.9. The van der Waals surface area contributed by atoms with Crippen molar-refractivity contribution in [3.05, 3.63) is 28.2 Å². The molecule has 0 bridgehead atoms. The Morgan fingerprint density at radius 2 is 2.30 bits per heavy atom. The summed E-state index contributed by atoms with van der Waals surface area (Å²) in [6.07, 6.45) is 10.9. The van der Waals surface area contributed by atoms with Gasteiger partial charge in [-0.15, -0.1) is 11.3 Å². The van der Waals surface area contributed by atoms with Gasteiger partial charge in [-0.3, -0.25) is 9.69 Å². The first kappa shape index (κ1) is 15.3. The molecule has 1 saturated heterocycles. The third-order valence-electron chi connectivity index (χ3n) is 5.91. The zero-order valence-corrected chi connectivity index (χ0v) is 14.6. The standard InChI is InChI=1S/C18H25N3OS/c1-20(13-16-19-8-11-23-16)15-12-18(15)6-9-21(10-7-18)17(22)14-4-2-3-5-14/h4,8,11,15H,2-3,5-7,9-10,12-13H2,1H3. The number of hydrogen-bond acceptors (Lipinski definition) is 4. The van der Waals surface area contributed by atoms with E-state index in [1.165, 1.54) is 24.3 Å². The molecule has 124 valence electrons. The maximum atomic E-state index is 12.5. The third kappa shape index (κ3) is 2.96. The van der Waals surface area contributed by atoms with Crippen molar-refractivity contribution in [2.45, 2.75) is 51.1 Å². The van der Waals surface area contributed by atoms with Crippen molar-refractivity contribution in [3.63, 3.8) is 0 Å². The Morgan fingerprint density at radius 3 is 2.96 bits per heavy atom. The smallest absolute Gasteiger partial charge is 0.249 e. The van der Waals surface area contributed by atoms with Crippen LogP contribution in [0, 0.1) is 5.41 Å². The van der Waals surface area contributed by atoms with Crippen LogP contribution >= 0.6 is 11.3 Å². The van der Waals surface area contributed by atoms with Crippen molar-refractivity contribution in [2.75, 3.05) is 20.1 Å². The molecule has 3 aliphatic rings. The van der Waals surface area contributed by atoms with E-state index in [4.69, 9.17) is 0 Å². The van der Waals surface area contributed by atoms with E-state index in [9.17, 15) is 4.79 Å². The fourth-order valence-corrected chi connectivity index (χ4v) is 5.04. The second-order valence-electron chi connectivity index (χ2n) is 7.34. The highest BCUT2D eigenvalue weighted by atomic mass is 32.1.